The van der Waals surface area contributed by atoms with Gasteiger partial charge in [-0.25, -0.2) is 0 Å². The summed E-state index contributed by atoms with van der Waals surface area (Å²) in [5.41, 5.74) is 1.04. The molecule has 1 aromatic rings. The van der Waals surface area contributed by atoms with E-state index in [9.17, 15) is 4.79 Å². The van der Waals surface area contributed by atoms with Crippen molar-refractivity contribution in [3.05, 3.63) is 29.8 Å². The lowest BCUT2D eigenvalue weighted by atomic mass is 10.1. The molecule has 0 bridgehead atoms. The van der Waals surface area contributed by atoms with Gasteiger partial charge in [-0.3, -0.25) is 4.79 Å². The molecule has 2 N–H and O–H groups in total. The summed E-state index contributed by atoms with van der Waals surface area (Å²) in [6, 6.07) is 7.72. The molecule has 0 radical (unpaired) electrons. The molecule has 1 aromatic carbocycles. The van der Waals surface area contributed by atoms with E-state index < -0.39 is 0 Å². The fourth-order valence-electron chi connectivity index (χ4n) is 1.25. The Bertz CT molecular complexity index is 369. The van der Waals surface area contributed by atoms with E-state index in [2.05, 4.69) is 13.8 Å². The summed E-state index contributed by atoms with van der Waals surface area (Å²) in [7, 11) is 1.00. The molecule has 0 unspecified atom stereocenters. The summed E-state index contributed by atoms with van der Waals surface area (Å²) in [6.45, 7) is 10.8. The van der Waals surface area contributed by atoms with Gasteiger partial charge in [0.15, 0.2) is 0 Å². The van der Waals surface area contributed by atoms with E-state index >= 15 is 0 Å². The van der Waals surface area contributed by atoms with E-state index in [1.807, 2.05) is 38.1 Å². The summed E-state index contributed by atoms with van der Waals surface area (Å²) < 4.78 is 5.54. The van der Waals surface area contributed by atoms with Crippen LogP contribution in [0.4, 0.5) is 0 Å². The third kappa shape index (κ3) is 15.0. The minimum Gasteiger partial charge on any atom is -0.493 e. The molecule has 0 spiro atoms. The fraction of sp³-hybridized carbons (Fsp3) is 0.611. The number of hydrogen-bond donors (Lipinski definition) is 2. The normalized spacial score (nSPS) is 9.55. The molecule has 4 nitrogen and oxygen atoms in total. The zero-order valence-corrected chi connectivity index (χ0v) is 14.8. The molecular weight excluding hydrogens is 280 g/mol. The van der Waals surface area contributed by atoms with E-state index in [-0.39, 0.29) is 5.78 Å². The predicted octanol–water partition coefficient (Wildman–Crippen LogP) is 3.10. The standard InChI is InChI=1S/C13H18O2.C4H10O.CH4O/c1-10(2)9-15-13-6-4-12(5-7-13)8-11(3)14;1-4(2)3-5;1-2/h4-7,10H,8-9H2,1-3H3;4-5H,3H2,1-2H3;2H,1H3. The monoisotopic (exact) mass is 312 g/mol. The van der Waals surface area contributed by atoms with Crippen LogP contribution >= 0.6 is 0 Å². The first-order chi connectivity index (χ1) is 10.3. The quantitative estimate of drug-likeness (QED) is 0.847. The van der Waals surface area contributed by atoms with Crippen molar-refractivity contribution >= 4 is 5.78 Å². The van der Waals surface area contributed by atoms with Crippen molar-refractivity contribution in [3.63, 3.8) is 0 Å². The minimum absolute atomic E-state index is 0.186. The molecule has 4 heteroatoms. The number of aliphatic hydroxyl groups is 2. The van der Waals surface area contributed by atoms with Gasteiger partial charge in [0, 0.05) is 20.1 Å². The number of aliphatic hydroxyl groups excluding tert-OH is 2. The van der Waals surface area contributed by atoms with Gasteiger partial charge in [-0.05, 0) is 36.5 Å². The van der Waals surface area contributed by atoms with Gasteiger partial charge in [0.05, 0.1) is 6.61 Å². The van der Waals surface area contributed by atoms with E-state index in [0.717, 1.165) is 25.0 Å². The van der Waals surface area contributed by atoms with Crippen LogP contribution in [0.1, 0.15) is 40.2 Å². The summed E-state index contributed by atoms with van der Waals surface area (Å²) in [4.78, 5) is 10.9. The number of ether oxygens (including phenoxy) is 1. The number of carbonyl (C=O) groups is 1. The maximum Gasteiger partial charge on any atom is 0.134 e. The van der Waals surface area contributed by atoms with Crippen LogP contribution in [0.15, 0.2) is 24.3 Å². The van der Waals surface area contributed by atoms with Gasteiger partial charge in [0.1, 0.15) is 11.5 Å². The number of ketones is 1. The van der Waals surface area contributed by atoms with E-state index in [1.54, 1.807) is 6.92 Å². The molecule has 0 amide bonds. The third-order valence-corrected chi connectivity index (χ3v) is 2.32. The van der Waals surface area contributed by atoms with Crippen LogP contribution in [0.2, 0.25) is 0 Å². The summed E-state index contributed by atoms with van der Waals surface area (Å²) in [5, 5.41) is 15.1. The molecule has 0 saturated heterocycles. The first-order valence-electron chi connectivity index (χ1n) is 7.61. The van der Waals surface area contributed by atoms with Crippen molar-refractivity contribution in [1.82, 2.24) is 0 Å². The van der Waals surface area contributed by atoms with Gasteiger partial charge >= 0.3 is 0 Å². The van der Waals surface area contributed by atoms with Gasteiger partial charge in [-0.2, -0.15) is 0 Å². The van der Waals surface area contributed by atoms with Gasteiger partial charge < -0.3 is 14.9 Å². The second-order valence-electron chi connectivity index (χ2n) is 5.80. The van der Waals surface area contributed by atoms with Crippen molar-refractivity contribution in [3.8, 4) is 5.75 Å². The molecule has 0 fully saturated rings. The molecule has 22 heavy (non-hydrogen) atoms. The molecule has 0 aromatic heterocycles. The highest BCUT2D eigenvalue weighted by atomic mass is 16.5. The topological polar surface area (TPSA) is 66.8 Å². The molecule has 0 saturated carbocycles. The first kappa shape index (κ1) is 22.9. The zero-order chi connectivity index (χ0) is 17.5. The average Bonchev–Trinajstić information content (AvgIpc) is 2.48. The molecule has 0 aliphatic carbocycles. The predicted molar refractivity (Wildman–Crippen MR) is 91.2 cm³/mol. The molecule has 128 valence electrons. The lowest BCUT2D eigenvalue weighted by Gasteiger charge is -2.08. The average molecular weight is 312 g/mol. The summed E-state index contributed by atoms with van der Waals surface area (Å²) in [5.74, 6) is 2.03. The van der Waals surface area contributed by atoms with Gasteiger partial charge in [-0.15, -0.1) is 0 Å². The molecule has 0 atom stereocenters. The number of Topliss-reactive ketones (excluding diaryl/α,β-unsaturated/α-hetero) is 1. The van der Waals surface area contributed by atoms with Gasteiger partial charge in [0.2, 0.25) is 0 Å². The molecule has 0 heterocycles. The Hall–Kier alpha value is -1.39. The Morgan fingerprint density at radius 1 is 1.05 bits per heavy atom. The maximum absolute atomic E-state index is 10.9. The largest absolute Gasteiger partial charge is 0.493 e. The smallest absolute Gasteiger partial charge is 0.134 e. The van der Waals surface area contributed by atoms with E-state index in [1.165, 1.54) is 0 Å². The fourth-order valence-corrected chi connectivity index (χ4v) is 1.25. The summed E-state index contributed by atoms with van der Waals surface area (Å²) >= 11 is 0. The Morgan fingerprint density at radius 3 is 1.82 bits per heavy atom. The Balaban J connectivity index is 0. The number of rotatable bonds is 6. The second kappa shape index (κ2) is 14.5. The number of benzene rings is 1. The highest BCUT2D eigenvalue weighted by molar-refractivity contribution is 5.78. The highest BCUT2D eigenvalue weighted by Crippen LogP contribution is 2.13. The van der Waals surface area contributed by atoms with Crippen molar-refractivity contribution in [1.29, 1.82) is 0 Å². The zero-order valence-electron chi connectivity index (χ0n) is 14.8. The Kier molecular flexibility index (Phi) is 15.1. The lowest BCUT2D eigenvalue weighted by Crippen LogP contribution is -2.04. The second-order valence-corrected chi connectivity index (χ2v) is 5.80. The minimum atomic E-state index is 0.186. The van der Waals surface area contributed by atoms with Crippen molar-refractivity contribution in [2.45, 2.75) is 41.0 Å². The van der Waals surface area contributed by atoms with Crippen molar-refractivity contribution < 1.29 is 19.7 Å². The van der Waals surface area contributed by atoms with Crippen LogP contribution in [0.5, 0.6) is 5.75 Å². The van der Waals surface area contributed by atoms with Crippen molar-refractivity contribution in [2.75, 3.05) is 20.3 Å². The van der Waals surface area contributed by atoms with Crippen LogP contribution in [-0.2, 0) is 11.2 Å². The van der Waals surface area contributed by atoms with E-state index in [0.29, 0.717) is 24.9 Å². The number of carbonyl (C=O) groups excluding carboxylic acids is 1. The first-order valence-corrected chi connectivity index (χ1v) is 7.61. The van der Waals surface area contributed by atoms with Gasteiger partial charge in [0.25, 0.3) is 0 Å². The Labute approximate surface area is 135 Å². The van der Waals surface area contributed by atoms with E-state index in [4.69, 9.17) is 14.9 Å². The molecule has 0 aliphatic heterocycles. The molecular formula is C18H32O4. The highest BCUT2D eigenvalue weighted by Gasteiger charge is 1.99. The maximum atomic E-state index is 10.9. The van der Waals surface area contributed by atoms with Crippen molar-refractivity contribution in [2.24, 2.45) is 11.8 Å². The van der Waals surface area contributed by atoms with Crippen LogP contribution in [0, 0.1) is 11.8 Å². The van der Waals surface area contributed by atoms with Crippen LogP contribution in [-0.4, -0.2) is 36.3 Å². The molecule has 0 aliphatic rings. The van der Waals surface area contributed by atoms with Crippen LogP contribution in [0.3, 0.4) is 0 Å². The Morgan fingerprint density at radius 2 is 1.50 bits per heavy atom. The number of hydrogen-bond acceptors (Lipinski definition) is 4. The third-order valence-electron chi connectivity index (χ3n) is 2.32. The lowest BCUT2D eigenvalue weighted by molar-refractivity contribution is -0.116. The van der Waals surface area contributed by atoms with Crippen LogP contribution < -0.4 is 4.74 Å². The van der Waals surface area contributed by atoms with Crippen LogP contribution in [0.25, 0.3) is 0 Å². The summed E-state index contributed by atoms with van der Waals surface area (Å²) in [6.07, 6.45) is 0.504. The SMILES string of the molecule is CC(=O)Cc1ccc(OCC(C)C)cc1.CC(C)CO.CO. The molecule has 1 rings (SSSR count). The van der Waals surface area contributed by atoms with Gasteiger partial charge in [-0.1, -0.05) is 39.8 Å².